The number of anilines is 1. The summed E-state index contributed by atoms with van der Waals surface area (Å²) in [6.45, 7) is 2.53. The first-order valence-corrected chi connectivity index (χ1v) is 12.2. The van der Waals surface area contributed by atoms with Crippen LogP contribution in [-0.2, 0) is 11.2 Å². The second-order valence-corrected chi connectivity index (χ2v) is 9.67. The number of carbonyl (C=O) groups is 1. The second-order valence-electron chi connectivity index (χ2n) is 8.85. The third-order valence-corrected chi connectivity index (χ3v) is 7.29. The molecule has 5 rings (SSSR count). The summed E-state index contributed by atoms with van der Waals surface area (Å²) in [5, 5.41) is 7.63. The molecular formula is C27H26ClN3O3S. The second kappa shape index (κ2) is 9.40. The summed E-state index contributed by atoms with van der Waals surface area (Å²) < 4.78 is 12.1. The molecule has 35 heavy (non-hydrogen) atoms. The van der Waals surface area contributed by atoms with Gasteiger partial charge in [0.1, 0.15) is 17.4 Å². The van der Waals surface area contributed by atoms with Crippen LogP contribution in [-0.4, -0.2) is 35.3 Å². The first-order chi connectivity index (χ1) is 16.9. The van der Waals surface area contributed by atoms with Gasteiger partial charge in [-0.3, -0.25) is 4.79 Å². The van der Waals surface area contributed by atoms with Crippen LogP contribution in [0.3, 0.4) is 0 Å². The van der Waals surface area contributed by atoms with Gasteiger partial charge in [0.25, 0.3) is 0 Å². The van der Waals surface area contributed by atoms with Crippen molar-refractivity contribution in [1.29, 1.82) is 0 Å². The van der Waals surface area contributed by atoms with Gasteiger partial charge in [-0.05, 0) is 73.6 Å². The number of halogens is 1. The van der Waals surface area contributed by atoms with Gasteiger partial charge >= 0.3 is 0 Å². The van der Waals surface area contributed by atoms with E-state index in [2.05, 4.69) is 22.8 Å². The number of thiocarbonyl (C=S) groups is 1. The van der Waals surface area contributed by atoms with Crippen LogP contribution in [0.2, 0.25) is 5.02 Å². The highest BCUT2D eigenvalue weighted by atomic mass is 35.5. The molecule has 0 aromatic heterocycles. The van der Waals surface area contributed by atoms with E-state index in [1.54, 1.807) is 31.4 Å². The summed E-state index contributed by atoms with van der Waals surface area (Å²) in [4.78, 5) is 15.8. The van der Waals surface area contributed by atoms with Gasteiger partial charge in [0.15, 0.2) is 10.8 Å². The number of fused-ring (bicyclic) bond motifs is 4. The van der Waals surface area contributed by atoms with Crippen molar-refractivity contribution in [2.24, 2.45) is 5.92 Å². The monoisotopic (exact) mass is 507 g/mol. The average Bonchev–Trinajstić information content (AvgIpc) is 2.85. The Kier molecular flexibility index (Phi) is 6.30. The Hall–Kier alpha value is -3.29. The fraction of sp³-hybridized carbons (Fsp3) is 0.259. The zero-order valence-electron chi connectivity index (χ0n) is 19.5. The van der Waals surface area contributed by atoms with Crippen molar-refractivity contribution in [2.45, 2.75) is 25.1 Å². The van der Waals surface area contributed by atoms with Gasteiger partial charge in [0.05, 0.1) is 13.2 Å². The van der Waals surface area contributed by atoms with Crippen LogP contribution in [0.1, 0.15) is 24.1 Å². The topological polar surface area (TPSA) is 62.8 Å². The summed E-state index contributed by atoms with van der Waals surface area (Å²) in [5.74, 6) is 0.619. The molecule has 3 atom stereocenters. The number of hydrogen-bond donors (Lipinski definition) is 2. The molecule has 6 nitrogen and oxygen atoms in total. The lowest BCUT2D eigenvalue weighted by Crippen LogP contribution is -2.71. The van der Waals surface area contributed by atoms with Crippen molar-refractivity contribution in [3.63, 3.8) is 0 Å². The van der Waals surface area contributed by atoms with E-state index in [4.69, 9.17) is 33.3 Å². The van der Waals surface area contributed by atoms with Crippen LogP contribution < -0.4 is 20.1 Å². The lowest BCUT2D eigenvalue weighted by Gasteiger charge is -2.56. The van der Waals surface area contributed by atoms with E-state index in [0.717, 1.165) is 12.0 Å². The number of ether oxygens (including phenoxy) is 2. The van der Waals surface area contributed by atoms with Crippen molar-refractivity contribution >= 4 is 40.5 Å². The predicted molar refractivity (Wildman–Crippen MR) is 141 cm³/mol. The molecule has 3 aromatic rings. The maximum Gasteiger partial charge on any atom is 0.236 e. The minimum atomic E-state index is -1.00. The maximum atomic E-state index is 13.8. The number of benzene rings is 3. The summed E-state index contributed by atoms with van der Waals surface area (Å²) in [6.07, 6.45) is 0.757. The highest BCUT2D eigenvalue weighted by molar-refractivity contribution is 7.80. The lowest BCUT2D eigenvalue weighted by molar-refractivity contribution is -0.149. The first kappa shape index (κ1) is 23.5. The molecule has 2 aliphatic heterocycles. The van der Waals surface area contributed by atoms with Crippen molar-refractivity contribution < 1.29 is 14.3 Å². The molecular weight excluding hydrogens is 482 g/mol. The van der Waals surface area contributed by atoms with E-state index in [9.17, 15) is 4.79 Å². The molecule has 0 aliphatic carbocycles. The molecule has 1 fully saturated rings. The van der Waals surface area contributed by atoms with Crippen LogP contribution in [0.25, 0.3) is 0 Å². The Bertz CT molecular complexity index is 1250. The molecule has 2 heterocycles. The molecule has 0 radical (unpaired) electrons. The smallest absolute Gasteiger partial charge is 0.236 e. The molecule has 2 aliphatic rings. The van der Waals surface area contributed by atoms with Crippen LogP contribution in [0, 0.1) is 5.92 Å². The Labute approximate surface area is 215 Å². The molecule has 2 bridgehead atoms. The molecule has 8 heteroatoms. The van der Waals surface area contributed by atoms with Crippen LogP contribution in [0.5, 0.6) is 11.5 Å². The van der Waals surface area contributed by atoms with E-state index in [0.29, 0.717) is 33.9 Å². The van der Waals surface area contributed by atoms with Crippen LogP contribution in [0.4, 0.5) is 5.69 Å². The van der Waals surface area contributed by atoms with E-state index >= 15 is 0 Å². The highest BCUT2D eigenvalue weighted by Crippen LogP contribution is 2.49. The molecule has 3 aromatic carbocycles. The quantitative estimate of drug-likeness (QED) is 0.448. The van der Waals surface area contributed by atoms with E-state index < -0.39 is 11.6 Å². The number of hydrogen-bond acceptors (Lipinski definition) is 4. The predicted octanol–water partition coefficient (Wildman–Crippen LogP) is 5.19. The van der Waals surface area contributed by atoms with E-state index in [-0.39, 0.29) is 11.9 Å². The summed E-state index contributed by atoms with van der Waals surface area (Å²) in [5.41, 5.74) is 1.68. The van der Waals surface area contributed by atoms with Gasteiger partial charge in [-0.1, -0.05) is 41.9 Å². The van der Waals surface area contributed by atoms with Crippen LogP contribution >= 0.6 is 23.8 Å². The SMILES string of the molecule is COc1ccc2c(c1)[C@@H]1NC(=S)N(CCc3ccccc3)[C@@](C)(O2)[C@@H]1C(=O)Nc1ccc(Cl)cc1. The molecule has 0 saturated carbocycles. The molecule has 180 valence electrons. The third kappa shape index (κ3) is 4.42. The average molecular weight is 508 g/mol. The summed E-state index contributed by atoms with van der Waals surface area (Å²) >= 11 is 11.8. The molecule has 1 amide bonds. The fourth-order valence-corrected chi connectivity index (χ4v) is 5.44. The van der Waals surface area contributed by atoms with E-state index in [1.807, 2.05) is 48.2 Å². The number of nitrogens with zero attached hydrogens (tertiary/aromatic N) is 1. The number of carbonyl (C=O) groups excluding carboxylic acids is 1. The van der Waals surface area contributed by atoms with Gasteiger partial charge in [-0.2, -0.15) is 0 Å². The van der Waals surface area contributed by atoms with Crippen LogP contribution in [0.15, 0.2) is 72.8 Å². The first-order valence-electron chi connectivity index (χ1n) is 11.4. The van der Waals surface area contributed by atoms with Gasteiger partial charge in [0.2, 0.25) is 5.91 Å². The minimum Gasteiger partial charge on any atom is -0.497 e. The summed E-state index contributed by atoms with van der Waals surface area (Å²) in [6, 6.07) is 22.5. The third-order valence-electron chi connectivity index (χ3n) is 6.70. The molecule has 0 unspecified atom stereocenters. The van der Waals surface area contributed by atoms with Crippen molar-refractivity contribution in [1.82, 2.24) is 10.2 Å². The number of methoxy groups -OCH3 is 1. The highest BCUT2D eigenvalue weighted by Gasteiger charge is 2.58. The van der Waals surface area contributed by atoms with E-state index in [1.165, 1.54) is 5.56 Å². The van der Waals surface area contributed by atoms with Crippen molar-refractivity contribution in [3.8, 4) is 11.5 Å². The molecule has 0 spiro atoms. The zero-order chi connectivity index (χ0) is 24.6. The maximum absolute atomic E-state index is 13.8. The van der Waals surface area contributed by atoms with Gasteiger partial charge in [-0.25, -0.2) is 0 Å². The summed E-state index contributed by atoms with van der Waals surface area (Å²) in [7, 11) is 1.62. The van der Waals surface area contributed by atoms with Gasteiger partial charge in [-0.15, -0.1) is 0 Å². The van der Waals surface area contributed by atoms with Gasteiger partial charge in [0, 0.05) is 22.8 Å². The Balaban J connectivity index is 1.52. The largest absolute Gasteiger partial charge is 0.497 e. The number of amides is 1. The van der Waals surface area contributed by atoms with Crippen molar-refractivity contribution in [2.75, 3.05) is 19.0 Å². The standard InChI is InChI=1S/C27H26ClN3O3S/c1-27-23(25(32)29-19-10-8-18(28)9-11-19)24(21-16-20(33-2)12-13-22(21)34-27)30-26(35)31(27)15-14-17-6-4-3-5-7-17/h3-13,16,23-24H,14-15H2,1-2H3,(H,29,32)(H,30,35)/t23-,24-,27-/m0/s1. The van der Waals surface area contributed by atoms with Crippen molar-refractivity contribution in [3.05, 3.63) is 88.9 Å². The molecule has 2 N–H and O–H groups in total. The Morgan fingerprint density at radius 3 is 2.63 bits per heavy atom. The fourth-order valence-electron chi connectivity index (χ4n) is 4.92. The molecule has 1 saturated heterocycles. The minimum absolute atomic E-state index is 0.173. The normalized spacial score (nSPS) is 22.5. The van der Waals surface area contributed by atoms with Gasteiger partial charge < -0.3 is 25.0 Å². The lowest BCUT2D eigenvalue weighted by atomic mass is 9.78. The Morgan fingerprint density at radius 2 is 1.91 bits per heavy atom. The number of rotatable bonds is 6. The number of nitrogens with one attached hydrogen (secondary N) is 2. The Morgan fingerprint density at radius 1 is 1.17 bits per heavy atom. The zero-order valence-corrected chi connectivity index (χ0v) is 21.0.